The maximum absolute atomic E-state index is 10.6. The van der Waals surface area contributed by atoms with Crippen LogP contribution < -0.4 is 0 Å². The number of aliphatic carboxylic acids is 1. The van der Waals surface area contributed by atoms with Crippen LogP contribution in [-0.4, -0.2) is 58.5 Å². The fraction of sp³-hybridized carbons (Fsp3) is 0.900. The van der Waals surface area contributed by atoms with Gasteiger partial charge in [-0.05, 0) is 39.8 Å². The third kappa shape index (κ3) is 6.43. The lowest BCUT2D eigenvalue weighted by molar-refractivity contribution is -0.158. The number of nitrogens with zero attached hydrogens (tertiary/aromatic N) is 1. The highest BCUT2D eigenvalue weighted by Gasteiger charge is 2.30. The molecule has 0 aromatic carbocycles. The standard InChI is InChI=1S/C10H21NO4/c1-10(15,9(13)14)8-11(2)6-4-3-5-7-12/h12,15H,3-8H2,1-2H3,(H,13,14). The number of hydrogen-bond donors (Lipinski definition) is 3. The van der Waals surface area contributed by atoms with Crippen LogP contribution >= 0.6 is 0 Å². The van der Waals surface area contributed by atoms with Crippen molar-refractivity contribution in [3.05, 3.63) is 0 Å². The predicted molar refractivity (Wildman–Crippen MR) is 56.7 cm³/mol. The third-order valence-corrected chi connectivity index (χ3v) is 2.24. The summed E-state index contributed by atoms with van der Waals surface area (Å²) in [6.45, 7) is 2.32. The van der Waals surface area contributed by atoms with Crippen LogP contribution in [0.3, 0.4) is 0 Å². The lowest BCUT2D eigenvalue weighted by Gasteiger charge is -2.25. The van der Waals surface area contributed by atoms with Crippen LogP contribution in [0.1, 0.15) is 26.2 Å². The first-order valence-electron chi connectivity index (χ1n) is 5.15. The molecule has 0 radical (unpaired) electrons. The fourth-order valence-electron chi connectivity index (χ4n) is 1.34. The van der Waals surface area contributed by atoms with Crippen molar-refractivity contribution in [2.24, 2.45) is 0 Å². The highest BCUT2D eigenvalue weighted by molar-refractivity contribution is 5.76. The van der Waals surface area contributed by atoms with Crippen LogP contribution in [0.2, 0.25) is 0 Å². The lowest BCUT2D eigenvalue weighted by Crippen LogP contribution is -2.45. The Morgan fingerprint density at radius 2 is 1.93 bits per heavy atom. The lowest BCUT2D eigenvalue weighted by atomic mass is 10.1. The van der Waals surface area contributed by atoms with Gasteiger partial charge in [0.2, 0.25) is 0 Å². The Labute approximate surface area is 90.3 Å². The molecule has 1 unspecified atom stereocenters. The van der Waals surface area contributed by atoms with Gasteiger partial charge in [0, 0.05) is 13.2 Å². The minimum Gasteiger partial charge on any atom is -0.479 e. The van der Waals surface area contributed by atoms with E-state index in [1.54, 1.807) is 11.9 Å². The molecule has 0 heterocycles. The second-order valence-corrected chi connectivity index (χ2v) is 4.10. The number of likely N-dealkylation sites (N-methyl/N-ethyl adjacent to an activating group) is 1. The number of carboxylic acid groups (broad SMARTS) is 1. The Balaban J connectivity index is 3.73. The summed E-state index contributed by atoms with van der Waals surface area (Å²) in [5.74, 6) is -1.20. The molecule has 0 rings (SSSR count). The second-order valence-electron chi connectivity index (χ2n) is 4.10. The number of hydrogen-bond acceptors (Lipinski definition) is 4. The Kier molecular flexibility index (Phi) is 6.47. The Morgan fingerprint density at radius 3 is 2.40 bits per heavy atom. The van der Waals surface area contributed by atoms with E-state index in [2.05, 4.69) is 0 Å². The van der Waals surface area contributed by atoms with Gasteiger partial charge in [-0.1, -0.05) is 0 Å². The van der Waals surface area contributed by atoms with Crippen LogP contribution in [0.15, 0.2) is 0 Å². The molecule has 0 saturated heterocycles. The zero-order chi connectivity index (χ0) is 11.9. The summed E-state index contributed by atoms with van der Waals surface area (Å²) in [4.78, 5) is 12.4. The first kappa shape index (κ1) is 14.3. The smallest absolute Gasteiger partial charge is 0.336 e. The summed E-state index contributed by atoms with van der Waals surface area (Å²) in [6, 6.07) is 0. The first-order chi connectivity index (χ1) is 6.90. The van der Waals surface area contributed by atoms with E-state index >= 15 is 0 Å². The summed E-state index contributed by atoms with van der Waals surface area (Å²) in [7, 11) is 1.77. The molecular weight excluding hydrogens is 198 g/mol. The van der Waals surface area contributed by atoms with Crippen LogP contribution in [0.25, 0.3) is 0 Å². The number of carbonyl (C=O) groups is 1. The van der Waals surface area contributed by atoms with Gasteiger partial charge in [0.25, 0.3) is 0 Å². The number of aliphatic hydroxyl groups is 2. The van der Waals surface area contributed by atoms with Gasteiger partial charge in [-0.25, -0.2) is 4.79 Å². The van der Waals surface area contributed by atoms with Crippen LogP contribution in [0.4, 0.5) is 0 Å². The molecule has 0 aliphatic heterocycles. The minimum absolute atomic E-state index is 0.113. The maximum atomic E-state index is 10.6. The fourth-order valence-corrected chi connectivity index (χ4v) is 1.34. The molecule has 1 atom stereocenters. The average Bonchev–Trinajstić information content (AvgIpc) is 2.11. The van der Waals surface area contributed by atoms with E-state index in [1.165, 1.54) is 6.92 Å². The molecule has 0 bridgehead atoms. The van der Waals surface area contributed by atoms with Gasteiger partial charge >= 0.3 is 5.97 Å². The molecule has 0 amide bonds. The molecule has 15 heavy (non-hydrogen) atoms. The second kappa shape index (κ2) is 6.76. The topological polar surface area (TPSA) is 81.0 Å². The highest BCUT2D eigenvalue weighted by atomic mass is 16.4. The summed E-state index contributed by atoms with van der Waals surface area (Å²) in [6.07, 6.45) is 2.58. The molecule has 0 aliphatic carbocycles. The van der Waals surface area contributed by atoms with Gasteiger partial charge < -0.3 is 20.2 Å². The van der Waals surface area contributed by atoms with Gasteiger partial charge in [0.1, 0.15) is 0 Å². The van der Waals surface area contributed by atoms with Crippen molar-refractivity contribution in [2.75, 3.05) is 26.7 Å². The van der Waals surface area contributed by atoms with Crippen molar-refractivity contribution < 1.29 is 20.1 Å². The highest BCUT2D eigenvalue weighted by Crippen LogP contribution is 2.06. The molecule has 90 valence electrons. The quantitative estimate of drug-likeness (QED) is 0.497. The molecule has 0 aromatic heterocycles. The summed E-state index contributed by atoms with van der Waals surface area (Å²) >= 11 is 0. The van der Waals surface area contributed by atoms with Crippen LogP contribution in [-0.2, 0) is 4.79 Å². The molecule has 5 nitrogen and oxygen atoms in total. The summed E-state index contributed by atoms with van der Waals surface area (Å²) in [5.41, 5.74) is -1.69. The van der Waals surface area contributed by atoms with Crippen molar-refractivity contribution >= 4 is 5.97 Å². The van der Waals surface area contributed by atoms with E-state index in [1.807, 2.05) is 0 Å². The van der Waals surface area contributed by atoms with Gasteiger partial charge in [0.15, 0.2) is 5.60 Å². The Morgan fingerprint density at radius 1 is 1.33 bits per heavy atom. The van der Waals surface area contributed by atoms with E-state index in [0.29, 0.717) is 0 Å². The van der Waals surface area contributed by atoms with Gasteiger partial charge in [-0.3, -0.25) is 0 Å². The van der Waals surface area contributed by atoms with Crippen molar-refractivity contribution in [1.82, 2.24) is 4.90 Å². The van der Waals surface area contributed by atoms with Crippen molar-refractivity contribution in [1.29, 1.82) is 0 Å². The van der Waals surface area contributed by atoms with Crippen LogP contribution in [0, 0.1) is 0 Å². The minimum atomic E-state index is -1.69. The van der Waals surface area contributed by atoms with Crippen molar-refractivity contribution in [3.8, 4) is 0 Å². The van der Waals surface area contributed by atoms with Crippen LogP contribution in [0.5, 0.6) is 0 Å². The maximum Gasteiger partial charge on any atom is 0.336 e. The van der Waals surface area contributed by atoms with E-state index in [9.17, 15) is 9.90 Å². The molecular formula is C10H21NO4. The van der Waals surface area contributed by atoms with Gasteiger partial charge in [-0.2, -0.15) is 0 Å². The van der Waals surface area contributed by atoms with E-state index in [4.69, 9.17) is 10.2 Å². The largest absolute Gasteiger partial charge is 0.479 e. The number of carboxylic acids is 1. The van der Waals surface area contributed by atoms with Gasteiger partial charge in [-0.15, -0.1) is 0 Å². The number of unbranched alkanes of at least 4 members (excludes halogenated alkanes) is 2. The summed E-state index contributed by atoms with van der Waals surface area (Å²) in [5, 5.41) is 26.7. The average molecular weight is 219 g/mol. The molecule has 3 N–H and O–H groups in total. The Bertz CT molecular complexity index is 194. The predicted octanol–water partition coefficient (Wildman–Crippen LogP) is -0.0836. The molecule has 0 aliphatic rings. The number of aliphatic hydroxyl groups excluding tert-OH is 1. The first-order valence-corrected chi connectivity index (χ1v) is 5.15. The molecule has 0 saturated carbocycles. The van der Waals surface area contributed by atoms with E-state index in [0.717, 1.165) is 25.8 Å². The summed E-state index contributed by atoms with van der Waals surface area (Å²) < 4.78 is 0. The monoisotopic (exact) mass is 219 g/mol. The van der Waals surface area contributed by atoms with Crippen molar-refractivity contribution in [3.63, 3.8) is 0 Å². The zero-order valence-electron chi connectivity index (χ0n) is 9.44. The normalized spacial score (nSPS) is 15.3. The SMILES string of the molecule is CN(CCCCCO)CC(C)(O)C(=O)O. The van der Waals surface area contributed by atoms with Gasteiger partial charge in [0.05, 0.1) is 0 Å². The Hall–Kier alpha value is -0.650. The molecule has 0 aromatic rings. The third-order valence-electron chi connectivity index (χ3n) is 2.24. The molecule has 0 spiro atoms. The molecule has 5 heteroatoms. The van der Waals surface area contributed by atoms with E-state index in [-0.39, 0.29) is 13.2 Å². The zero-order valence-corrected chi connectivity index (χ0v) is 9.44. The van der Waals surface area contributed by atoms with Crippen molar-refractivity contribution in [2.45, 2.75) is 31.8 Å². The van der Waals surface area contributed by atoms with E-state index < -0.39 is 11.6 Å². The molecule has 0 fully saturated rings. The number of rotatable bonds is 8.